The summed E-state index contributed by atoms with van der Waals surface area (Å²) in [5, 5.41) is 12.1. The summed E-state index contributed by atoms with van der Waals surface area (Å²) in [6.45, 7) is 3.16. The van der Waals surface area contributed by atoms with E-state index in [0.29, 0.717) is 18.8 Å². The predicted molar refractivity (Wildman–Crippen MR) is 116 cm³/mol. The van der Waals surface area contributed by atoms with E-state index in [2.05, 4.69) is 38.4 Å². The van der Waals surface area contributed by atoms with E-state index in [4.69, 9.17) is 5.26 Å². The van der Waals surface area contributed by atoms with Gasteiger partial charge in [-0.15, -0.1) is 0 Å². The molecule has 1 amide bonds. The third-order valence-corrected chi connectivity index (χ3v) is 5.19. The molecule has 0 unspecified atom stereocenters. The first-order valence-corrected chi connectivity index (χ1v) is 9.87. The fourth-order valence-corrected chi connectivity index (χ4v) is 3.57. The molecule has 4 rings (SSSR count). The lowest BCUT2D eigenvalue weighted by atomic mass is 10.0. The van der Waals surface area contributed by atoms with E-state index in [9.17, 15) is 4.79 Å². The fourth-order valence-electron chi connectivity index (χ4n) is 3.57. The second-order valence-electron chi connectivity index (χ2n) is 7.02. The van der Waals surface area contributed by atoms with Crippen molar-refractivity contribution in [3.8, 4) is 17.2 Å². The van der Waals surface area contributed by atoms with Crippen LogP contribution >= 0.6 is 0 Å². The van der Waals surface area contributed by atoms with Gasteiger partial charge in [0.15, 0.2) is 0 Å². The Morgan fingerprint density at radius 2 is 1.80 bits per heavy atom. The topological polar surface area (TPSA) is 85.2 Å². The van der Waals surface area contributed by atoms with Gasteiger partial charge in [-0.1, -0.05) is 18.2 Å². The molecule has 1 N–H and O–H groups in total. The van der Waals surface area contributed by atoms with Crippen molar-refractivity contribution < 1.29 is 4.79 Å². The van der Waals surface area contributed by atoms with Crippen molar-refractivity contribution in [3.63, 3.8) is 0 Å². The molecule has 1 fully saturated rings. The van der Waals surface area contributed by atoms with Crippen LogP contribution in [0, 0.1) is 11.3 Å². The first-order chi connectivity index (χ1) is 14.7. The minimum Gasteiger partial charge on any atom is -0.376 e. The number of aromatic nitrogens is 2. The Morgan fingerprint density at radius 1 is 1.03 bits per heavy atom. The number of nitrogens with one attached hydrogen (secondary N) is 1. The van der Waals surface area contributed by atoms with Crippen LogP contribution in [0.1, 0.15) is 5.69 Å². The minimum atomic E-state index is 0.0936. The number of rotatable bonds is 5. The average Bonchev–Trinajstić information content (AvgIpc) is 2.83. The molecule has 7 nitrogen and oxygen atoms in total. The number of anilines is 2. The Morgan fingerprint density at radius 3 is 2.50 bits per heavy atom. The number of carbonyl (C=O) groups is 1. The third kappa shape index (κ3) is 4.39. The van der Waals surface area contributed by atoms with Gasteiger partial charge in [-0.3, -0.25) is 9.78 Å². The summed E-state index contributed by atoms with van der Waals surface area (Å²) < 4.78 is 0. The second kappa shape index (κ2) is 9.05. The standard InChI is InChI=1S/C23H22N6O/c24-15-20-6-5-18(16-26-20)21-3-1-2-4-22(21)28-11-13-29(14-12-28)23(30)17-27-19-7-9-25-10-8-19/h1-10,16H,11-14,17H2,(H,25,27). The summed E-state index contributed by atoms with van der Waals surface area (Å²) in [6.07, 6.45) is 5.14. The monoisotopic (exact) mass is 398 g/mol. The van der Waals surface area contributed by atoms with Gasteiger partial charge < -0.3 is 15.1 Å². The molecule has 1 aromatic carbocycles. The van der Waals surface area contributed by atoms with Crippen molar-refractivity contribution in [3.05, 3.63) is 72.8 Å². The third-order valence-electron chi connectivity index (χ3n) is 5.19. The highest BCUT2D eigenvalue weighted by atomic mass is 16.2. The lowest BCUT2D eigenvalue weighted by molar-refractivity contribution is -0.129. The maximum atomic E-state index is 12.6. The zero-order chi connectivity index (χ0) is 20.8. The van der Waals surface area contributed by atoms with Crippen LogP contribution < -0.4 is 10.2 Å². The van der Waals surface area contributed by atoms with Gasteiger partial charge in [-0.05, 0) is 30.3 Å². The van der Waals surface area contributed by atoms with Crippen molar-refractivity contribution in [2.24, 2.45) is 0 Å². The van der Waals surface area contributed by atoms with E-state index in [1.807, 2.05) is 35.2 Å². The van der Waals surface area contributed by atoms with Crippen molar-refractivity contribution in [1.29, 1.82) is 5.26 Å². The summed E-state index contributed by atoms with van der Waals surface area (Å²) in [5.41, 5.74) is 4.47. The van der Waals surface area contributed by atoms with E-state index in [0.717, 1.165) is 35.6 Å². The van der Waals surface area contributed by atoms with Crippen molar-refractivity contribution in [2.45, 2.75) is 0 Å². The number of hydrogen-bond donors (Lipinski definition) is 1. The highest BCUT2D eigenvalue weighted by Crippen LogP contribution is 2.31. The SMILES string of the molecule is N#Cc1ccc(-c2ccccc2N2CCN(C(=O)CNc3ccncc3)CC2)cn1. The highest BCUT2D eigenvalue weighted by molar-refractivity contribution is 5.82. The zero-order valence-corrected chi connectivity index (χ0v) is 16.5. The van der Waals surface area contributed by atoms with Crippen molar-refractivity contribution in [2.75, 3.05) is 42.9 Å². The summed E-state index contributed by atoms with van der Waals surface area (Å²) in [5.74, 6) is 0.0936. The van der Waals surface area contributed by atoms with Gasteiger partial charge in [-0.25, -0.2) is 4.98 Å². The Labute approximate surface area is 175 Å². The van der Waals surface area contributed by atoms with Crippen molar-refractivity contribution in [1.82, 2.24) is 14.9 Å². The Bertz CT molecular complexity index is 1040. The van der Waals surface area contributed by atoms with Crippen LogP contribution in [0.25, 0.3) is 11.1 Å². The van der Waals surface area contributed by atoms with Crippen LogP contribution in [0.3, 0.4) is 0 Å². The molecule has 0 atom stereocenters. The fraction of sp³-hybridized carbons (Fsp3) is 0.217. The predicted octanol–water partition coefficient (Wildman–Crippen LogP) is 2.78. The number of pyridine rings is 2. The van der Waals surface area contributed by atoms with E-state index in [1.165, 1.54) is 0 Å². The minimum absolute atomic E-state index is 0.0936. The molecule has 1 aliphatic heterocycles. The molecule has 3 aromatic rings. The molecular weight excluding hydrogens is 376 g/mol. The normalized spacial score (nSPS) is 13.6. The lowest BCUT2D eigenvalue weighted by Gasteiger charge is -2.37. The molecule has 1 aliphatic rings. The van der Waals surface area contributed by atoms with Gasteiger partial charge >= 0.3 is 0 Å². The average molecular weight is 398 g/mol. The van der Waals surface area contributed by atoms with Gasteiger partial charge in [0.2, 0.25) is 5.91 Å². The van der Waals surface area contributed by atoms with Crippen LogP contribution in [-0.4, -0.2) is 53.5 Å². The molecule has 0 aliphatic carbocycles. The Balaban J connectivity index is 1.39. The van der Waals surface area contributed by atoms with Crippen molar-refractivity contribution >= 4 is 17.3 Å². The van der Waals surface area contributed by atoms with Gasteiger partial charge in [-0.2, -0.15) is 5.26 Å². The molecular formula is C23H22N6O. The van der Waals surface area contributed by atoms with Gasteiger partial charge in [0.05, 0.1) is 6.54 Å². The Kier molecular flexibility index (Phi) is 5.85. The molecule has 0 saturated carbocycles. The quantitative estimate of drug-likeness (QED) is 0.711. The van der Waals surface area contributed by atoms with Crippen LogP contribution in [0.15, 0.2) is 67.1 Å². The number of para-hydroxylation sites is 1. The maximum absolute atomic E-state index is 12.6. The number of carbonyl (C=O) groups excluding carboxylic acids is 1. The maximum Gasteiger partial charge on any atom is 0.241 e. The smallest absolute Gasteiger partial charge is 0.241 e. The number of hydrogen-bond acceptors (Lipinski definition) is 6. The summed E-state index contributed by atoms with van der Waals surface area (Å²) in [4.78, 5) is 24.9. The summed E-state index contributed by atoms with van der Waals surface area (Å²) >= 11 is 0. The van der Waals surface area contributed by atoms with Gasteiger partial charge in [0, 0.05) is 67.3 Å². The number of nitriles is 1. The molecule has 0 radical (unpaired) electrons. The summed E-state index contributed by atoms with van der Waals surface area (Å²) in [7, 11) is 0. The lowest BCUT2D eigenvalue weighted by Crippen LogP contribution is -2.50. The van der Waals surface area contributed by atoms with E-state index >= 15 is 0 Å². The van der Waals surface area contributed by atoms with E-state index < -0.39 is 0 Å². The second-order valence-corrected chi connectivity index (χ2v) is 7.02. The zero-order valence-electron chi connectivity index (χ0n) is 16.5. The Hall–Kier alpha value is -3.92. The summed E-state index contributed by atoms with van der Waals surface area (Å²) in [6, 6.07) is 17.6. The van der Waals surface area contributed by atoms with Gasteiger partial charge in [0.1, 0.15) is 11.8 Å². The molecule has 30 heavy (non-hydrogen) atoms. The number of nitrogens with zero attached hydrogens (tertiary/aromatic N) is 5. The molecule has 150 valence electrons. The van der Waals surface area contributed by atoms with E-state index in [-0.39, 0.29) is 12.5 Å². The van der Waals surface area contributed by atoms with Crippen LogP contribution in [0.4, 0.5) is 11.4 Å². The first kappa shape index (κ1) is 19.4. The first-order valence-electron chi connectivity index (χ1n) is 9.87. The molecule has 2 aromatic heterocycles. The molecule has 0 spiro atoms. The molecule has 3 heterocycles. The van der Waals surface area contributed by atoms with Crippen LogP contribution in [-0.2, 0) is 4.79 Å². The van der Waals surface area contributed by atoms with Gasteiger partial charge in [0.25, 0.3) is 0 Å². The van der Waals surface area contributed by atoms with Crippen LogP contribution in [0.2, 0.25) is 0 Å². The molecule has 7 heteroatoms. The molecule has 0 bridgehead atoms. The number of benzene rings is 1. The largest absolute Gasteiger partial charge is 0.376 e. The number of piperazine rings is 1. The number of amides is 1. The van der Waals surface area contributed by atoms with Crippen LogP contribution in [0.5, 0.6) is 0 Å². The van der Waals surface area contributed by atoms with E-state index in [1.54, 1.807) is 24.7 Å². The molecule has 1 saturated heterocycles. The highest BCUT2D eigenvalue weighted by Gasteiger charge is 2.22.